The summed E-state index contributed by atoms with van der Waals surface area (Å²) in [5.41, 5.74) is 0.494. The molecular formula is C22H18Br2Cl2N2O7. The molecule has 0 radical (unpaired) electrons. The maximum Gasteiger partial charge on any atom is 0.257 e. The number of carbonyl (C=O) groups is 4. The summed E-state index contributed by atoms with van der Waals surface area (Å²) in [4.78, 5) is 49.4. The summed E-state index contributed by atoms with van der Waals surface area (Å²) in [5, 5.41) is 21.3. The summed E-state index contributed by atoms with van der Waals surface area (Å²) in [6.45, 7) is 0. The van der Waals surface area contributed by atoms with Gasteiger partial charge in [-0.25, -0.2) is 0 Å². The number of amides is 4. The normalized spacial score (nSPS) is 36.2. The van der Waals surface area contributed by atoms with E-state index in [9.17, 15) is 29.5 Å². The first-order valence-electron chi connectivity index (χ1n) is 10.6. The number of ether oxygens (including phenoxy) is 1. The molecule has 13 heteroatoms. The number of phenols is 1. The smallest absolute Gasteiger partial charge is 0.257 e. The van der Waals surface area contributed by atoms with Crippen molar-refractivity contribution in [1.29, 1.82) is 0 Å². The van der Waals surface area contributed by atoms with E-state index in [0.29, 0.717) is 10.0 Å². The Kier molecular flexibility index (Phi) is 5.84. The number of fused-ring (bicyclic) bond motifs is 4. The van der Waals surface area contributed by atoms with Gasteiger partial charge in [-0.1, -0.05) is 43.5 Å². The van der Waals surface area contributed by atoms with Crippen LogP contribution in [0.25, 0.3) is 0 Å². The van der Waals surface area contributed by atoms with E-state index in [4.69, 9.17) is 27.9 Å². The number of hydrogen-bond donors (Lipinski definition) is 2. The van der Waals surface area contributed by atoms with Gasteiger partial charge < -0.3 is 9.84 Å². The second kappa shape index (κ2) is 8.17. The zero-order valence-electron chi connectivity index (χ0n) is 18.0. The summed E-state index contributed by atoms with van der Waals surface area (Å²) in [5.74, 6) is -7.04. The van der Waals surface area contributed by atoms with E-state index in [2.05, 4.69) is 31.9 Å². The van der Waals surface area contributed by atoms with Crippen LogP contribution in [0.2, 0.25) is 0 Å². The quantitative estimate of drug-likeness (QED) is 0.169. The van der Waals surface area contributed by atoms with Crippen LogP contribution < -0.4 is 4.74 Å². The van der Waals surface area contributed by atoms with Crippen LogP contribution in [-0.2, 0) is 19.2 Å². The van der Waals surface area contributed by atoms with Crippen molar-refractivity contribution in [1.82, 2.24) is 9.96 Å². The molecule has 9 nitrogen and oxygen atoms in total. The molecule has 4 amide bonds. The SMILES string of the molecule is COc1cc(Br)cc([C@H]2C3=CC[C@@H]4C(=O)N(O)C(=O)[C@@H]4[C@@H]3C[C@@]3(Cl)C(=O)N(CBr)C(=O)[C@@]23Cl)c1O. The highest BCUT2D eigenvalue weighted by atomic mass is 79.9. The Hall–Kier alpha value is -1.66. The number of imide groups is 2. The highest BCUT2D eigenvalue weighted by Crippen LogP contribution is 2.66. The number of halogens is 4. The molecule has 0 aromatic heterocycles. The molecule has 2 heterocycles. The summed E-state index contributed by atoms with van der Waals surface area (Å²) < 4.78 is 5.79. The minimum atomic E-state index is -2.05. The van der Waals surface area contributed by atoms with Crippen molar-refractivity contribution in [3.63, 3.8) is 0 Å². The number of hydrogen-bond acceptors (Lipinski definition) is 7. The maximum atomic E-state index is 13.7. The van der Waals surface area contributed by atoms with E-state index in [-0.39, 0.29) is 40.4 Å². The van der Waals surface area contributed by atoms with Gasteiger partial charge >= 0.3 is 0 Å². The standard InChI is InChI=1S/C22H18Br2Cl2N2O7/c1-35-13-5-8(24)4-11(16(13)29)15-9-2-3-10-14(18(31)28(34)17(10)30)12(9)6-21(25)19(32)27(7-23)20(33)22(15,21)26/h2,4-5,10,12,14-15,29,34H,3,6-7H2,1H3/t10-,12+,14-,15+,21+,22-/m0/s1. The average molecular weight is 653 g/mol. The first-order valence-corrected chi connectivity index (χ1v) is 13.2. The number of hydroxylamine groups is 2. The third-order valence-corrected chi connectivity index (χ3v) is 9.96. The fourth-order valence-electron chi connectivity index (χ4n) is 6.05. The molecule has 1 aromatic carbocycles. The van der Waals surface area contributed by atoms with Crippen LogP contribution in [0.15, 0.2) is 28.3 Å². The molecule has 2 saturated heterocycles. The number of nitrogens with zero attached hydrogens (tertiary/aromatic N) is 2. The number of allylic oxidation sites excluding steroid dienone is 2. The van der Waals surface area contributed by atoms with Crippen molar-refractivity contribution in [2.45, 2.75) is 28.5 Å². The molecule has 2 aliphatic heterocycles. The summed E-state index contributed by atoms with van der Waals surface area (Å²) in [6, 6.07) is 3.07. The summed E-state index contributed by atoms with van der Waals surface area (Å²) in [6.07, 6.45) is 1.59. The molecule has 1 saturated carbocycles. The highest BCUT2D eigenvalue weighted by Gasteiger charge is 2.76. The molecule has 3 fully saturated rings. The number of alkyl halides is 3. The maximum absolute atomic E-state index is 13.7. The molecule has 0 unspecified atom stereocenters. The number of phenolic OH excluding ortho intramolecular Hbond substituents is 1. The number of rotatable bonds is 3. The Balaban J connectivity index is 1.80. The third-order valence-electron chi connectivity index (χ3n) is 7.59. The van der Waals surface area contributed by atoms with E-state index >= 15 is 0 Å². The van der Waals surface area contributed by atoms with Gasteiger partial charge in [-0.05, 0) is 30.9 Å². The van der Waals surface area contributed by atoms with Gasteiger partial charge in [0.2, 0.25) is 0 Å². The fourth-order valence-corrected chi connectivity index (χ4v) is 7.92. The molecule has 186 valence electrons. The second-order valence-electron chi connectivity index (χ2n) is 9.02. The fraction of sp³-hybridized carbons (Fsp3) is 0.455. The minimum absolute atomic E-state index is 0.0917. The average Bonchev–Trinajstić information content (AvgIpc) is 3.13. The van der Waals surface area contributed by atoms with Crippen molar-refractivity contribution in [3.05, 3.63) is 33.8 Å². The molecular weight excluding hydrogens is 635 g/mol. The lowest BCUT2D eigenvalue weighted by Crippen LogP contribution is -2.60. The lowest BCUT2D eigenvalue weighted by molar-refractivity contribution is -0.173. The topological polar surface area (TPSA) is 124 Å². The van der Waals surface area contributed by atoms with Crippen molar-refractivity contribution in [2.75, 3.05) is 12.6 Å². The zero-order chi connectivity index (χ0) is 25.6. The van der Waals surface area contributed by atoms with Gasteiger partial charge in [0.25, 0.3) is 23.6 Å². The van der Waals surface area contributed by atoms with Gasteiger partial charge in [0, 0.05) is 16.0 Å². The molecule has 1 aromatic rings. The number of methoxy groups -OCH3 is 1. The Morgan fingerprint density at radius 1 is 1.14 bits per heavy atom. The van der Waals surface area contributed by atoms with Crippen LogP contribution in [0.5, 0.6) is 11.5 Å². The van der Waals surface area contributed by atoms with Gasteiger partial charge in [0.15, 0.2) is 21.2 Å². The van der Waals surface area contributed by atoms with E-state index in [1.165, 1.54) is 13.2 Å². The molecule has 35 heavy (non-hydrogen) atoms. The molecule has 2 aliphatic carbocycles. The first kappa shape index (κ1) is 25.0. The van der Waals surface area contributed by atoms with Gasteiger partial charge in [0.05, 0.1) is 24.4 Å². The van der Waals surface area contributed by atoms with Crippen LogP contribution in [0.4, 0.5) is 0 Å². The van der Waals surface area contributed by atoms with Gasteiger partial charge in [-0.2, -0.15) is 5.06 Å². The number of carbonyl (C=O) groups excluding carboxylic acids is 4. The molecule has 6 atom stereocenters. The predicted octanol–water partition coefficient (Wildman–Crippen LogP) is 3.26. The molecule has 0 bridgehead atoms. The van der Waals surface area contributed by atoms with Crippen molar-refractivity contribution >= 4 is 78.7 Å². The zero-order valence-corrected chi connectivity index (χ0v) is 22.7. The minimum Gasteiger partial charge on any atom is -0.504 e. The highest BCUT2D eigenvalue weighted by molar-refractivity contribution is 9.10. The van der Waals surface area contributed by atoms with Crippen molar-refractivity contribution in [2.24, 2.45) is 17.8 Å². The Bertz CT molecular complexity index is 1240. The van der Waals surface area contributed by atoms with E-state index in [1.54, 1.807) is 12.1 Å². The van der Waals surface area contributed by atoms with Gasteiger partial charge in [0.1, 0.15) is 0 Å². The summed E-state index contributed by atoms with van der Waals surface area (Å²) >= 11 is 20.6. The van der Waals surface area contributed by atoms with Crippen molar-refractivity contribution < 1.29 is 34.2 Å². The largest absolute Gasteiger partial charge is 0.504 e. The predicted molar refractivity (Wildman–Crippen MR) is 129 cm³/mol. The van der Waals surface area contributed by atoms with Crippen LogP contribution >= 0.6 is 55.1 Å². The van der Waals surface area contributed by atoms with Crippen molar-refractivity contribution in [3.8, 4) is 11.5 Å². The Labute approximate surface area is 226 Å². The Morgan fingerprint density at radius 3 is 2.46 bits per heavy atom. The number of benzene rings is 1. The van der Waals surface area contributed by atoms with Crippen LogP contribution in [-0.4, -0.2) is 66.2 Å². The van der Waals surface area contributed by atoms with Crippen LogP contribution in [0.3, 0.4) is 0 Å². The van der Waals surface area contributed by atoms with Crippen LogP contribution in [0.1, 0.15) is 24.3 Å². The van der Waals surface area contributed by atoms with Crippen LogP contribution in [0, 0.1) is 17.8 Å². The van der Waals surface area contributed by atoms with E-state index in [0.717, 1.165) is 4.90 Å². The number of aromatic hydroxyl groups is 1. The third kappa shape index (κ3) is 3.02. The van der Waals surface area contributed by atoms with Gasteiger partial charge in [-0.15, -0.1) is 23.2 Å². The molecule has 0 spiro atoms. The molecule has 5 rings (SSSR count). The lowest BCUT2D eigenvalue weighted by Gasteiger charge is -2.50. The molecule has 4 aliphatic rings. The molecule has 2 N–H and O–H groups in total. The van der Waals surface area contributed by atoms with E-state index < -0.39 is 57.0 Å². The monoisotopic (exact) mass is 650 g/mol. The number of likely N-dealkylation sites (tertiary alicyclic amines) is 1. The van der Waals surface area contributed by atoms with E-state index in [1.807, 2.05) is 0 Å². The summed E-state index contributed by atoms with van der Waals surface area (Å²) in [7, 11) is 1.36. The van der Waals surface area contributed by atoms with Gasteiger partial charge in [-0.3, -0.25) is 29.3 Å². The first-order chi connectivity index (χ1) is 16.4. The Morgan fingerprint density at radius 2 is 1.83 bits per heavy atom. The lowest BCUT2D eigenvalue weighted by atomic mass is 9.56. The second-order valence-corrected chi connectivity index (χ2v) is 11.7.